The van der Waals surface area contributed by atoms with Crippen molar-refractivity contribution in [2.45, 2.75) is 56.5 Å². The summed E-state index contributed by atoms with van der Waals surface area (Å²) >= 11 is 1.45. The zero-order valence-corrected chi connectivity index (χ0v) is 13.3. The molecule has 5 nitrogen and oxygen atoms in total. The van der Waals surface area contributed by atoms with Crippen LogP contribution in [0.5, 0.6) is 0 Å². The Morgan fingerprint density at radius 3 is 2.76 bits per heavy atom. The third-order valence-electron chi connectivity index (χ3n) is 4.56. The van der Waals surface area contributed by atoms with E-state index in [4.69, 9.17) is 0 Å². The average Bonchev–Trinajstić information content (AvgIpc) is 3.24. The van der Waals surface area contributed by atoms with Crippen molar-refractivity contribution in [2.75, 3.05) is 18.8 Å². The van der Waals surface area contributed by atoms with Crippen molar-refractivity contribution in [1.29, 1.82) is 0 Å². The average molecular weight is 308 g/mol. The topological polar surface area (TPSA) is 61.9 Å². The first kappa shape index (κ1) is 14.9. The van der Waals surface area contributed by atoms with Crippen molar-refractivity contribution in [2.24, 2.45) is 5.92 Å². The molecule has 2 aliphatic rings. The maximum absolute atomic E-state index is 12.0. The molecule has 1 amide bonds. The summed E-state index contributed by atoms with van der Waals surface area (Å²) in [5, 5.41) is 7.94. The molecule has 1 aliphatic carbocycles. The first-order chi connectivity index (χ1) is 10.3. The summed E-state index contributed by atoms with van der Waals surface area (Å²) in [6.07, 6.45) is 10.0. The lowest BCUT2D eigenvalue weighted by Crippen LogP contribution is -2.29. The highest BCUT2D eigenvalue weighted by atomic mass is 32.2. The second-order valence-corrected chi connectivity index (χ2v) is 7.07. The molecule has 0 spiro atoms. The van der Waals surface area contributed by atoms with E-state index < -0.39 is 0 Å². The van der Waals surface area contributed by atoms with Crippen molar-refractivity contribution < 1.29 is 4.79 Å². The van der Waals surface area contributed by atoms with E-state index in [1.54, 1.807) is 0 Å². The van der Waals surface area contributed by atoms with E-state index in [-0.39, 0.29) is 5.91 Å². The minimum atomic E-state index is 0.217. The van der Waals surface area contributed by atoms with Gasteiger partial charge in [0, 0.05) is 19.5 Å². The third-order valence-corrected chi connectivity index (χ3v) is 5.39. The molecule has 2 heterocycles. The monoisotopic (exact) mass is 308 g/mol. The number of nitrogens with zero attached hydrogens (tertiary/aromatic N) is 3. The van der Waals surface area contributed by atoms with Gasteiger partial charge in [0.1, 0.15) is 5.82 Å². The van der Waals surface area contributed by atoms with Gasteiger partial charge in [-0.15, -0.1) is 5.10 Å². The van der Waals surface area contributed by atoms with Crippen molar-refractivity contribution in [3.8, 4) is 0 Å². The first-order valence-electron chi connectivity index (χ1n) is 8.13. The van der Waals surface area contributed by atoms with Crippen molar-refractivity contribution in [1.82, 2.24) is 20.1 Å². The van der Waals surface area contributed by atoms with Gasteiger partial charge in [-0.25, -0.2) is 4.98 Å². The molecule has 6 heteroatoms. The summed E-state index contributed by atoms with van der Waals surface area (Å²) in [4.78, 5) is 18.4. The number of rotatable bonds is 6. The van der Waals surface area contributed by atoms with Crippen LogP contribution < -0.4 is 0 Å². The Bertz CT molecular complexity index is 464. The summed E-state index contributed by atoms with van der Waals surface area (Å²) < 4.78 is 0. The van der Waals surface area contributed by atoms with Gasteiger partial charge in [0.2, 0.25) is 11.1 Å². The molecule has 1 aromatic rings. The summed E-state index contributed by atoms with van der Waals surface area (Å²) in [5.74, 6) is 2.52. The van der Waals surface area contributed by atoms with Crippen LogP contribution in [0.25, 0.3) is 0 Å². The maximum atomic E-state index is 12.0. The summed E-state index contributed by atoms with van der Waals surface area (Å²) in [6, 6.07) is 0. The summed E-state index contributed by atoms with van der Waals surface area (Å²) in [5.41, 5.74) is 0. The number of carbonyl (C=O) groups excluding carboxylic acids is 1. The fraction of sp³-hybridized carbons (Fsp3) is 0.800. The van der Waals surface area contributed by atoms with Crippen molar-refractivity contribution in [3.05, 3.63) is 5.82 Å². The van der Waals surface area contributed by atoms with Crippen LogP contribution in [0.3, 0.4) is 0 Å². The molecule has 0 bridgehead atoms. The Hall–Kier alpha value is -1.04. The lowest BCUT2D eigenvalue weighted by atomic mass is 10.0. The second kappa shape index (κ2) is 7.29. The summed E-state index contributed by atoms with van der Waals surface area (Å²) in [7, 11) is 0. The van der Waals surface area contributed by atoms with Crippen LogP contribution >= 0.6 is 11.8 Å². The largest absolute Gasteiger partial charge is 0.342 e. The smallest absolute Gasteiger partial charge is 0.233 e. The molecule has 0 aromatic carbocycles. The standard InChI is InChI=1S/C15H24N4OS/c20-14(19-9-3-4-10-19)11-21-15-16-13(17-18-15)8-7-12-5-1-2-6-12/h12H,1-11H2,(H,16,17,18). The zero-order valence-electron chi connectivity index (χ0n) is 12.5. The molecule has 1 aromatic heterocycles. The molecule has 1 saturated carbocycles. The number of thioether (sulfide) groups is 1. The van der Waals surface area contributed by atoms with E-state index in [2.05, 4.69) is 15.2 Å². The number of hydrogen-bond acceptors (Lipinski definition) is 4. The molecular weight excluding hydrogens is 284 g/mol. The Morgan fingerprint density at radius 2 is 2.00 bits per heavy atom. The van der Waals surface area contributed by atoms with Gasteiger partial charge in [-0.1, -0.05) is 37.4 Å². The molecule has 0 atom stereocenters. The van der Waals surface area contributed by atoms with E-state index in [0.29, 0.717) is 10.9 Å². The first-order valence-corrected chi connectivity index (χ1v) is 9.11. The minimum absolute atomic E-state index is 0.217. The second-order valence-electron chi connectivity index (χ2n) is 6.13. The Balaban J connectivity index is 1.40. The number of nitrogens with one attached hydrogen (secondary N) is 1. The van der Waals surface area contributed by atoms with Gasteiger partial charge in [-0.05, 0) is 25.2 Å². The number of likely N-dealkylation sites (tertiary alicyclic amines) is 1. The van der Waals surface area contributed by atoms with E-state index in [9.17, 15) is 4.79 Å². The molecule has 1 aliphatic heterocycles. The Morgan fingerprint density at radius 1 is 1.24 bits per heavy atom. The van der Waals surface area contributed by atoms with Crippen LogP contribution in [-0.4, -0.2) is 44.8 Å². The van der Waals surface area contributed by atoms with Gasteiger partial charge in [0.15, 0.2) is 0 Å². The molecule has 0 unspecified atom stereocenters. The number of hydrogen-bond donors (Lipinski definition) is 1. The zero-order chi connectivity index (χ0) is 14.5. The van der Waals surface area contributed by atoms with E-state index in [0.717, 1.165) is 44.1 Å². The number of amides is 1. The molecule has 21 heavy (non-hydrogen) atoms. The molecule has 116 valence electrons. The van der Waals surface area contributed by atoms with Gasteiger partial charge in [0.05, 0.1) is 5.75 Å². The molecule has 1 N–H and O–H groups in total. The highest BCUT2D eigenvalue weighted by Gasteiger charge is 2.19. The Kier molecular flexibility index (Phi) is 5.17. The summed E-state index contributed by atoms with van der Waals surface area (Å²) in [6.45, 7) is 1.83. The van der Waals surface area contributed by atoms with Crippen LogP contribution in [0.15, 0.2) is 5.16 Å². The predicted molar refractivity (Wildman–Crippen MR) is 83.2 cm³/mol. The fourth-order valence-electron chi connectivity index (χ4n) is 3.28. The van der Waals surface area contributed by atoms with E-state index in [1.165, 1.54) is 43.9 Å². The van der Waals surface area contributed by atoms with Crippen LogP contribution in [0.1, 0.15) is 50.8 Å². The third kappa shape index (κ3) is 4.22. The van der Waals surface area contributed by atoms with Crippen LogP contribution in [0.4, 0.5) is 0 Å². The molecular formula is C15H24N4OS. The molecule has 0 radical (unpaired) electrons. The number of H-pyrrole nitrogens is 1. The van der Waals surface area contributed by atoms with Crippen molar-refractivity contribution in [3.63, 3.8) is 0 Å². The minimum Gasteiger partial charge on any atom is -0.342 e. The van der Waals surface area contributed by atoms with Gasteiger partial charge < -0.3 is 4.90 Å². The van der Waals surface area contributed by atoms with Gasteiger partial charge in [-0.3, -0.25) is 9.89 Å². The number of carbonyl (C=O) groups is 1. The SMILES string of the molecule is O=C(CSc1n[nH]c(CCC2CCCC2)n1)N1CCCC1. The fourth-order valence-corrected chi connectivity index (χ4v) is 4.00. The molecule has 2 fully saturated rings. The highest BCUT2D eigenvalue weighted by Crippen LogP contribution is 2.28. The van der Waals surface area contributed by atoms with E-state index in [1.807, 2.05) is 4.90 Å². The van der Waals surface area contributed by atoms with Crippen LogP contribution in [0.2, 0.25) is 0 Å². The lowest BCUT2D eigenvalue weighted by Gasteiger charge is -2.13. The predicted octanol–water partition coefficient (Wildman–Crippen LogP) is 2.64. The normalized spacial score (nSPS) is 19.5. The van der Waals surface area contributed by atoms with Gasteiger partial charge in [0.25, 0.3) is 0 Å². The lowest BCUT2D eigenvalue weighted by molar-refractivity contribution is -0.127. The number of aromatic nitrogens is 3. The molecule has 1 saturated heterocycles. The van der Waals surface area contributed by atoms with E-state index >= 15 is 0 Å². The van der Waals surface area contributed by atoms with Crippen LogP contribution in [-0.2, 0) is 11.2 Å². The highest BCUT2D eigenvalue weighted by molar-refractivity contribution is 7.99. The van der Waals surface area contributed by atoms with Crippen LogP contribution in [0, 0.1) is 5.92 Å². The Labute approximate surface area is 130 Å². The number of aromatic amines is 1. The van der Waals surface area contributed by atoms with Gasteiger partial charge >= 0.3 is 0 Å². The quantitative estimate of drug-likeness (QED) is 0.821. The molecule has 3 rings (SSSR count). The van der Waals surface area contributed by atoms with Gasteiger partial charge in [-0.2, -0.15) is 0 Å². The van der Waals surface area contributed by atoms with Crippen molar-refractivity contribution >= 4 is 17.7 Å². The maximum Gasteiger partial charge on any atom is 0.233 e. The number of aryl methyl sites for hydroxylation is 1.